The Kier molecular flexibility index (Phi) is 3.19. The summed E-state index contributed by atoms with van der Waals surface area (Å²) in [5.41, 5.74) is 5.60. The molecule has 0 aliphatic rings. The van der Waals surface area contributed by atoms with Gasteiger partial charge in [-0.25, -0.2) is 9.97 Å². The number of hydrogen-bond acceptors (Lipinski definition) is 4. The number of aromatic nitrogens is 2. The summed E-state index contributed by atoms with van der Waals surface area (Å²) in [5, 5.41) is 0. The summed E-state index contributed by atoms with van der Waals surface area (Å²) in [6, 6.07) is 0. The van der Waals surface area contributed by atoms with E-state index in [1.54, 1.807) is 0 Å². The van der Waals surface area contributed by atoms with E-state index in [0.717, 1.165) is 6.20 Å². The van der Waals surface area contributed by atoms with Crippen LogP contribution in [-0.4, -0.2) is 9.97 Å². The molecule has 0 aliphatic heterocycles. The van der Waals surface area contributed by atoms with E-state index in [1.807, 2.05) is 0 Å². The molecule has 1 rings (SSSR count). The van der Waals surface area contributed by atoms with Crippen LogP contribution in [0.4, 0.5) is 19.0 Å². The summed E-state index contributed by atoms with van der Waals surface area (Å²) in [4.78, 5) is 6.18. The number of rotatable bonds is 0. The van der Waals surface area contributed by atoms with Crippen LogP contribution in [0.5, 0.6) is 0 Å². The van der Waals surface area contributed by atoms with E-state index < -0.39 is 12.0 Å². The minimum absolute atomic E-state index is 0. The molecule has 0 bridgehead atoms. The molecule has 0 fully saturated rings. The highest BCUT2D eigenvalue weighted by Crippen LogP contribution is 2.26. The maximum absolute atomic E-state index is 11.9. The topological polar surface area (TPSA) is 86.8 Å². The molecule has 0 saturated carbocycles. The Bertz CT molecular complexity index is 296. The lowest BCUT2D eigenvalue weighted by molar-refractivity contribution is -0.144. The molecule has 0 aliphatic carbocycles. The summed E-state index contributed by atoms with van der Waals surface area (Å²) in [7, 11) is 0. The second kappa shape index (κ2) is 3.56. The molecule has 0 saturated heterocycles. The van der Waals surface area contributed by atoms with Crippen molar-refractivity contribution in [3.8, 4) is 0 Å². The third kappa shape index (κ3) is 2.55. The van der Waals surface area contributed by atoms with Gasteiger partial charge in [-0.3, -0.25) is 0 Å². The van der Waals surface area contributed by atoms with Crippen LogP contribution in [-0.2, 0) is 6.18 Å². The quantitative estimate of drug-likeness (QED) is 0.655. The Morgan fingerprint density at radius 1 is 1.38 bits per heavy atom. The largest absolute Gasteiger partial charge is 0.451 e. The lowest BCUT2D eigenvalue weighted by Crippen LogP contribution is -2.12. The van der Waals surface area contributed by atoms with Crippen molar-refractivity contribution in [1.29, 1.82) is 0 Å². The lowest BCUT2D eigenvalue weighted by Gasteiger charge is -2.05. The van der Waals surface area contributed by atoms with Crippen LogP contribution in [0, 0.1) is 6.92 Å². The summed E-state index contributed by atoms with van der Waals surface area (Å²) in [6.07, 6.45) is -3.48. The van der Waals surface area contributed by atoms with Gasteiger partial charge in [-0.05, 0) is 6.92 Å². The zero-order valence-corrected chi connectivity index (χ0v) is 6.89. The number of halogens is 3. The van der Waals surface area contributed by atoms with Crippen molar-refractivity contribution in [2.75, 3.05) is 5.73 Å². The molecule has 1 heterocycles. The van der Waals surface area contributed by atoms with E-state index in [4.69, 9.17) is 5.73 Å². The highest BCUT2D eigenvalue weighted by Gasteiger charge is 2.34. The van der Waals surface area contributed by atoms with Gasteiger partial charge < -0.3 is 11.9 Å². The molecular weight excluding hydrogens is 185 g/mol. The Balaban J connectivity index is 0.00000144. The molecule has 1 aromatic rings. The van der Waals surface area contributed by atoms with Crippen molar-refractivity contribution in [2.45, 2.75) is 13.1 Å². The first kappa shape index (κ1) is 11.6. The number of aryl methyl sites for hydroxylation is 1. The fraction of sp³-hybridized carbons (Fsp3) is 0.333. The van der Waals surface area contributed by atoms with Gasteiger partial charge in [-0.15, -0.1) is 0 Å². The van der Waals surface area contributed by atoms with Crippen LogP contribution in [0.1, 0.15) is 11.4 Å². The summed E-state index contributed by atoms with van der Waals surface area (Å²) < 4.78 is 35.8. The monoisotopic (exact) mass is 194 g/mol. The second-order valence-electron chi connectivity index (χ2n) is 2.26. The number of nitrogens with zero attached hydrogens (tertiary/aromatic N) is 2. The Morgan fingerprint density at radius 2 is 1.92 bits per heavy atom. The maximum Gasteiger partial charge on any atom is 0.451 e. The standard InChI is InChI=1S/C6H6F3N3.H3N/c1-3-2-11-5(6(7,8)9)12-4(3)10;/h2H,1H3,(H2,10,11,12);1H3. The van der Waals surface area contributed by atoms with Crippen molar-refractivity contribution < 1.29 is 13.2 Å². The normalized spacial score (nSPS) is 10.8. The summed E-state index contributed by atoms with van der Waals surface area (Å²) >= 11 is 0. The van der Waals surface area contributed by atoms with Crippen LogP contribution in [0.3, 0.4) is 0 Å². The van der Waals surface area contributed by atoms with Crippen molar-refractivity contribution >= 4 is 5.82 Å². The van der Waals surface area contributed by atoms with Gasteiger partial charge in [0.25, 0.3) is 0 Å². The molecule has 0 unspecified atom stereocenters. The van der Waals surface area contributed by atoms with E-state index in [1.165, 1.54) is 6.92 Å². The fourth-order valence-corrected chi connectivity index (χ4v) is 0.592. The molecule has 74 valence electrons. The Hall–Kier alpha value is -1.37. The number of anilines is 1. The van der Waals surface area contributed by atoms with Crippen molar-refractivity contribution in [2.24, 2.45) is 0 Å². The SMILES string of the molecule is Cc1cnc(C(F)(F)F)nc1N.N. The highest BCUT2D eigenvalue weighted by molar-refractivity contribution is 5.36. The molecule has 4 nitrogen and oxygen atoms in total. The second-order valence-corrected chi connectivity index (χ2v) is 2.26. The third-order valence-corrected chi connectivity index (χ3v) is 1.26. The average molecular weight is 194 g/mol. The molecule has 7 heteroatoms. The molecule has 13 heavy (non-hydrogen) atoms. The predicted molar refractivity (Wildman–Crippen MR) is 41.2 cm³/mol. The maximum atomic E-state index is 11.9. The van der Waals surface area contributed by atoms with Gasteiger partial charge in [-0.1, -0.05) is 0 Å². The van der Waals surface area contributed by atoms with Crippen LogP contribution < -0.4 is 11.9 Å². The Labute approximate surface area is 72.6 Å². The van der Waals surface area contributed by atoms with Gasteiger partial charge in [0.15, 0.2) is 0 Å². The van der Waals surface area contributed by atoms with E-state index >= 15 is 0 Å². The number of nitrogen functional groups attached to an aromatic ring is 1. The molecule has 0 aromatic carbocycles. The fourth-order valence-electron chi connectivity index (χ4n) is 0.592. The minimum Gasteiger partial charge on any atom is -0.383 e. The smallest absolute Gasteiger partial charge is 0.383 e. The van der Waals surface area contributed by atoms with Gasteiger partial charge in [-0.2, -0.15) is 13.2 Å². The van der Waals surface area contributed by atoms with Crippen molar-refractivity contribution in [1.82, 2.24) is 16.1 Å². The van der Waals surface area contributed by atoms with Crippen LogP contribution in [0.25, 0.3) is 0 Å². The van der Waals surface area contributed by atoms with E-state index in [-0.39, 0.29) is 12.0 Å². The van der Waals surface area contributed by atoms with E-state index in [9.17, 15) is 13.2 Å². The van der Waals surface area contributed by atoms with E-state index in [0.29, 0.717) is 5.56 Å². The molecule has 0 amide bonds. The zero-order chi connectivity index (χ0) is 9.35. The highest BCUT2D eigenvalue weighted by atomic mass is 19.4. The number of nitrogens with two attached hydrogens (primary N) is 1. The first-order chi connectivity index (χ1) is 5.41. The van der Waals surface area contributed by atoms with Gasteiger partial charge in [0.1, 0.15) is 5.82 Å². The summed E-state index contributed by atoms with van der Waals surface area (Å²) in [5.74, 6) is -1.34. The van der Waals surface area contributed by atoms with Crippen LogP contribution >= 0.6 is 0 Å². The molecule has 1 aromatic heterocycles. The number of alkyl halides is 3. The van der Waals surface area contributed by atoms with Crippen LogP contribution in [0.15, 0.2) is 6.20 Å². The predicted octanol–water partition coefficient (Wildman–Crippen LogP) is 1.55. The Morgan fingerprint density at radius 3 is 2.31 bits per heavy atom. The van der Waals surface area contributed by atoms with Crippen LogP contribution in [0.2, 0.25) is 0 Å². The molecule has 5 N–H and O–H groups in total. The summed E-state index contributed by atoms with van der Waals surface area (Å²) in [6.45, 7) is 1.54. The van der Waals surface area contributed by atoms with Gasteiger partial charge >= 0.3 is 6.18 Å². The van der Waals surface area contributed by atoms with Gasteiger partial charge in [0.2, 0.25) is 5.82 Å². The molecular formula is C6H9F3N4. The first-order valence-electron chi connectivity index (χ1n) is 3.07. The lowest BCUT2D eigenvalue weighted by atomic mass is 10.3. The van der Waals surface area contributed by atoms with Crippen molar-refractivity contribution in [3.63, 3.8) is 0 Å². The van der Waals surface area contributed by atoms with Gasteiger partial charge in [0, 0.05) is 11.8 Å². The molecule has 0 radical (unpaired) electrons. The first-order valence-corrected chi connectivity index (χ1v) is 3.07. The van der Waals surface area contributed by atoms with E-state index in [2.05, 4.69) is 9.97 Å². The molecule has 0 spiro atoms. The minimum atomic E-state index is -4.53. The zero-order valence-electron chi connectivity index (χ0n) is 6.89. The number of hydrogen-bond donors (Lipinski definition) is 2. The average Bonchev–Trinajstić information content (AvgIpc) is 1.92. The van der Waals surface area contributed by atoms with Gasteiger partial charge in [0.05, 0.1) is 0 Å². The third-order valence-electron chi connectivity index (χ3n) is 1.26. The van der Waals surface area contributed by atoms with Crippen molar-refractivity contribution in [3.05, 3.63) is 17.6 Å². The molecule has 0 atom stereocenters.